The third-order valence-corrected chi connectivity index (χ3v) is 3.45. The van der Waals surface area contributed by atoms with E-state index in [1.54, 1.807) is 0 Å². The molecule has 0 bridgehead atoms. The fraction of sp³-hybridized carbons (Fsp3) is 1.00. The second-order valence-corrected chi connectivity index (χ2v) is 4.17. The van der Waals surface area contributed by atoms with Crippen molar-refractivity contribution in [3.05, 3.63) is 0 Å². The van der Waals surface area contributed by atoms with Gasteiger partial charge in [-0.05, 0) is 38.1 Å². The van der Waals surface area contributed by atoms with Crippen LogP contribution in [0.2, 0.25) is 0 Å². The normalized spacial score (nSPS) is 26.1. The van der Waals surface area contributed by atoms with Gasteiger partial charge in [0.15, 0.2) is 0 Å². The van der Waals surface area contributed by atoms with Crippen molar-refractivity contribution in [3.8, 4) is 0 Å². The lowest BCUT2D eigenvalue weighted by molar-refractivity contribution is 0.0929. The van der Waals surface area contributed by atoms with E-state index < -0.39 is 0 Å². The van der Waals surface area contributed by atoms with Crippen LogP contribution in [0.1, 0.15) is 39.5 Å². The SMILES string of the molecule is CC.CNC1CCC2(CC1)CNC2. The lowest BCUT2D eigenvalue weighted by Crippen LogP contribution is -2.56. The molecule has 0 radical (unpaired) electrons. The van der Waals surface area contributed by atoms with Gasteiger partial charge in [-0.25, -0.2) is 0 Å². The summed E-state index contributed by atoms with van der Waals surface area (Å²) in [6.45, 7) is 6.56. The van der Waals surface area contributed by atoms with E-state index in [1.807, 2.05) is 13.8 Å². The van der Waals surface area contributed by atoms with E-state index in [2.05, 4.69) is 17.7 Å². The second kappa shape index (κ2) is 4.97. The van der Waals surface area contributed by atoms with Gasteiger partial charge in [0.25, 0.3) is 0 Å². The summed E-state index contributed by atoms with van der Waals surface area (Å²) in [6.07, 6.45) is 5.65. The Morgan fingerprint density at radius 3 is 2.00 bits per heavy atom. The maximum atomic E-state index is 3.38. The zero-order valence-corrected chi connectivity index (χ0v) is 9.32. The minimum atomic E-state index is 0.730. The molecular formula is C11H24N2. The summed E-state index contributed by atoms with van der Waals surface area (Å²) in [7, 11) is 2.09. The van der Waals surface area contributed by atoms with Crippen molar-refractivity contribution in [2.45, 2.75) is 45.6 Å². The predicted molar refractivity (Wildman–Crippen MR) is 58.0 cm³/mol. The van der Waals surface area contributed by atoms with Gasteiger partial charge in [0.2, 0.25) is 0 Å². The molecular weight excluding hydrogens is 160 g/mol. The van der Waals surface area contributed by atoms with Crippen molar-refractivity contribution >= 4 is 0 Å². The van der Waals surface area contributed by atoms with Crippen molar-refractivity contribution in [2.75, 3.05) is 20.1 Å². The summed E-state index contributed by atoms with van der Waals surface area (Å²) >= 11 is 0. The summed E-state index contributed by atoms with van der Waals surface area (Å²) in [6, 6.07) is 0.807. The highest BCUT2D eigenvalue weighted by Gasteiger charge is 2.39. The number of nitrogens with one attached hydrogen (secondary N) is 2. The third kappa shape index (κ3) is 2.44. The summed E-state index contributed by atoms with van der Waals surface area (Å²) in [5.41, 5.74) is 0.730. The minimum absolute atomic E-state index is 0.730. The van der Waals surface area contributed by atoms with Crippen LogP contribution in [0.3, 0.4) is 0 Å². The Morgan fingerprint density at radius 1 is 1.15 bits per heavy atom. The second-order valence-electron chi connectivity index (χ2n) is 4.17. The van der Waals surface area contributed by atoms with Crippen LogP contribution in [0.4, 0.5) is 0 Å². The molecule has 0 unspecified atom stereocenters. The molecule has 1 aliphatic carbocycles. The first-order valence-electron chi connectivity index (χ1n) is 5.73. The van der Waals surface area contributed by atoms with Crippen molar-refractivity contribution in [1.82, 2.24) is 10.6 Å². The van der Waals surface area contributed by atoms with Gasteiger partial charge in [0.05, 0.1) is 0 Å². The zero-order chi connectivity index (χ0) is 9.73. The molecule has 0 aromatic heterocycles. The first-order valence-corrected chi connectivity index (χ1v) is 5.73. The van der Waals surface area contributed by atoms with Crippen LogP contribution < -0.4 is 10.6 Å². The Hall–Kier alpha value is -0.0800. The molecule has 13 heavy (non-hydrogen) atoms. The number of rotatable bonds is 1. The van der Waals surface area contributed by atoms with Gasteiger partial charge in [-0.2, -0.15) is 0 Å². The highest BCUT2D eigenvalue weighted by molar-refractivity contribution is 4.96. The molecule has 0 atom stereocenters. The molecule has 1 heterocycles. The van der Waals surface area contributed by atoms with Crippen LogP contribution in [0.5, 0.6) is 0 Å². The van der Waals surface area contributed by atoms with Gasteiger partial charge in [-0.3, -0.25) is 0 Å². The Kier molecular flexibility index (Phi) is 4.20. The van der Waals surface area contributed by atoms with E-state index in [4.69, 9.17) is 0 Å². The number of hydrogen-bond donors (Lipinski definition) is 2. The topological polar surface area (TPSA) is 24.1 Å². The third-order valence-electron chi connectivity index (χ3n) is 3.45. The molecule has 1 saturated heterocycles. The van der Waals surface area contributed by atoms with Crippen LogP contribution in [0.15, 0.2) is 0 Å². The van der Waals surface area contributed by atoms with Gasteiger partial charge in [0.1, 0.15) is 0 Å². The van der Waals surface area contributed by atoms with Crippen molar-refractivity contribution < 1.29 is 0 Å². The van der Waals surface area contributed by atoms with Crippen molar-refractivity contribution in [1.29, 1.82) is 0 Å². The highest BCUT2D eigenvalue weighted by atomic mass is 15.0. The molecule has 1 aliphatic heterocycles. The first kappa shape index (κ1) is 11.0. The quantitative estimate of drug-likeness (QED) is 0.649. The van der Waals surface area contributed by atoms with Crippen LogP contribution in [-0.2, 0) is 0 Å². The van der Waals surface area contributed by atoms with Gasteiger partial charge < -0.3 is 10.6 Å². The van der Waals surface area contributed by atoms with Gasteiger partial charge in [-0.1, -0.05) is 13.8 Å². The molecule has 1 spiro atoms. The van der Waals surface area contributed by atoms with Gasteiger partial charge in [0, 0.05) is 19.1 Å². The van der Waals surface area contributed by atoms with Crippen LogP contribution in [0.25, 0.3) is 0 Å². The minimum Gasteiger partial charge on any atom is -0.317 e. The highest BCUT2D eigenvalue weighted by Crippen LogP contribution is 2.39. The monoisotopic (exact) mass is 184 g/mol. The molecule has 2 heteroatoms. The Bertz CT molecular complexity index is 131. The molecule has 2 nitrogen and oxygen atoms in total. The van der Waals surface area contributed by atoms with E-state index in [-0.39, 0.29) is 0 Å². The summed E-state index contributed by atoms with van der Waals surface area (Å²) < 4.78 is 0. The molecule has 78 valence electrons. The molecule has 2 aliphatic rings. The first-order chi connectivity index (χ1) is 6.35. The molecule has 2 fully saturated rings. The smallest absolute Gasteiger partial charge is 0.00645 e. The molecule has 0 aromatic carbocycles. The molecule has 0 amide bonds. The average Bonchev–Trinajstić information content (AvgIpc) is 2.19. The fourth-order valence-corrected chi connectivity index (χ4v) is 2.35. The molecule has 1 saturated carbocycles. The predicted octanol–water partition coefficient (Wildman–Crippen LogP) is 1.76. The molecule has 2 N–H and O–H groups in total. The van der Waals surface area contributed by atoms with E-state index >= 15 is 0 Å². The summed E-state index contributed by atoms with van der Waals surface area (Å²) in [5, 5.41) is 6.75. The molecule has 2 rings (SSSR count). The van der Waals surface area contributed by atoms with Crippen molar-refractivity contribution in [2.24, 2.45) is 5.41 Å². The zero-order valence-electron chi connectivity index (χ0n) is 9.32. The fourth-order valence-electron chi connectivity index (χ4n) is 2.35. The van der Waals surface area contributed by atoms with Crippen LogP contribution >= 0.6 is 0 Å². The van der Waals surface area contributed by atoms with Crippen LogP contribution in [-0.4, -0.2) is 26.2 Å². The summed E-state index contributed by atoms with van der Waals surface area (Å²) in [5.74, 6) is 0. The largest absolute Gasteiger partial charge is 0.317 e. The Morgan fingerprint density at radius 2 is 1.69 bits per heavy atom. The average molecular weight is 184 g/mol. The van der Waals surface area contributed by atoms with Crippen molar-refractivity contribution in [3.63, 3.8) is 0 Å². The Balaban J connectivity index is 0.000000396. The van der Waals surface area contributed by atoms with E-state index in [9.17, 15) is 0 Å². The van der Waals surface area contributed by atoms with E-state index in [0.29, 0.717) is 0 Å². The summed E-state index contributed by atoms with van der Waals surface area (Å²) in [4.78, 5) is 0. The lowest BCUT2D eigenvalue weighted by Gasteiger charge is -2.47. The van der Waals surface area contributed by atoms with Gasteiger partial charge >= 0.3 is 0 Å². The maximum absolute atomic E-state index is 3.38. The maximum Gasteiger partial charge on any atom is 0.00645 e. The van der Waals surface area contributed by atoms with E-state index in [1.165, 1.54) is 38.8 Å². The number of hydrogen-bond acceptors (Lipinski definition) is 2. The Labute approximate surface area is 82.5 Å². The van der Waals surface area contributed by atoms with E-state index in [0.717, 1.165) is 11.5 Å². The standard InChI is InChI=1S/C9H18N2.C2H6/c1-10-8-2-4-9(5-3-8)6-11-7-9;1-2/h8,10-11H,2-7H2,1H3;1-2H3. The molecule has 0 aromatic rings. The lowest BCUT2D eigenvalue weighted by atomic mass is 9.68. The van der Waals surface area contributed by atoms with Gasteiger partial charge in [-0.15, -0.1) is 0 Å². The van der Waals surface area contributed by atoms with Crippen LogP contribution in [0, 0.1) is 5.41 Å².